The molecule has 0 saturated carbocycles. The molecule has 0 heterocycles. The number of hydrogen-bond acceptors (Lipinski definition) is 0. The summed E-state index contributed by atoms with van der Waals surface area (Å²) >= 11 is 0. The molecule has 8 heavy (non-hydrogen) atoms. The summed E-state index contributed by atoms with van der Waals surface area (Å²) in [6, 6.07) is 0. The summed E-state index contributed by atoms with van der Waals surface area (Å²) < 4.78 is 0. The van der Waals surface area contributed by atoms with Gasteiger partial charge in [-0.05, 0) is 0 Å². The quantitative estimate of drug-likeness (QED) is 0.267. The molecule has 42 valence electrons. The standard InChI is InChI=1S/5In.3Tb. The summed E-state index contributed by atoms with van der Waals surface area (Å²) in [4.78, 5) is 0. The first-order valence-corrected chi connectivity index (χ1v) is 0. The molecule has 0 aliphatic rings. The van der Waals surface area contributed by atoms with Gasteiger partial charge < -0.3 is 0 Å². The molecule has 0 aromatic rings. The molecule has 0 aliphatic carbocycles. The van der Waals surface area contributed by atoms with Crippen LogP contribution in [0.1, 0.15) is 0 Å². The molecule has 0 fully saturated rings. The van der Waals surface area contributed by atoms with Gasteiger partial charge in [0.25, 0.3) is 0 Å². The Labute approximate surface area is 237 Å². The van der Waals surface area contributed by atoms with Crippen molar-refractivity contribution in [1.29, 1.82) is 0 Å². The van der Waals surface area contributed by atoms with E-state index in [0.29, 0.717) is 0 Å². The van der Waals surface area contributed by atoms with Crippen LogP contribution >= 0.6 is 0 Å². The average Bonchev–Trinajstić information content (AvgIpc) is 0. The Morgan fingerprint density at radius 2 is 0.250 bits per heavy atom. The van der Waals surface area contributed by atoms with E-state index in [2.05, 4.69) is 0 Å². The Balaban J connectivity index is 0. The molecule has 0 N–H and O–H groups in total. The molecule has 0 aliphatic heterocycles. The zero-order valence-corrected chi connectivity index (χ0v) is 26.8. The van der Waals surface area contributed by atoms with Crippen molar-refractivity contribution >= 4 is 129 Å². The van der Waals surface area contributed by atoms with E-state index in [-0.39, 0.29) is 245 Å². The molecule has 0 nitrogen and oxygen atoms in total. The van der Waals surface area contributed by atoms with E-state index in [1.807, 2.05) is 0 Å². The smallest absolute Gasteiger partial charge is 0 e. The molecule has 18 radical (unpaired) electrons. The van der Waals surface area contributed by atoms with Crippen LogP contribution in [-0.2, 0) is 0 Å². The van der Waals surface area contributed by atoms with Gasteiger partial charge in [-0.1, -0.05) is 0 Å². The van der Waals surface area contributed by atoms with Crippen LogP contribution in [0.15, 0.2) is 0 Å². The van der Waals surface area contributed by atoms with Gasteiger partial charge in [0, 0.05) is 245 Å². The van der Waals surface area contributed by atoms with E-state index < -0.39 is 0 Å². The van der Waals surface area contributed by atoms with Gasteiger partial charge in [0.05, 0.1) is 0 Å². The van der Waals surface area contributed by atoms with Gasteiger partial charge in [0.15, 0.2) is 0 Å². The third-order valence-electron chi connectivity index (χ3n) is 0. The third kappa shape index (κ3) is 36.8. The summed E-state index contributed by atoms with van der Waals surface area (Å²) in [5, 5.41) is 0. The van der Waals surface area contributed by atoms with Gasteiger partial charge in [0.1, 0.15) is 0 Å². The first kappa shape index (κ1) is 55.6. The zero-order valence-electron chi connectivity index (χ0n) is 3.89. The largest absolute Gasteiger partial charge is 0 e. The van der Waals surface area contributed by atoms with Gasteiger partial charge in [-0.25, -0.2) is 0 Å². The second-order valence-corrected chi connectivity index (χ2v) is 0. The summed E-state index contributed by atoms with van der Waals surface area (Å²) in [5.41, 5.74) is 0. The van der Waals surface area contributed by atoms with Gasteiger partial charge in [-0.15, -0.1) is 0 Å². The second kappa shape index (κ2) is 45.6. The van der Waals surface area contributed by atoms with Crippen LogP contribution < -0.4 is 0 Å². The Morgan fingerprint density at radius 1 is 0.250 bits per heavy atom. The molecule has 0 aromatic carbocycles. The van der Waals surface area contributed by atoms with Gasteiger partial charge in [-0.3, -0.25) is 0 Å². The second-order valence-electron chi connectivity index (χ2n) is 0. The number of hydrogen-bond donors (Lipinski definition) is 0. The monoisotopic (exact) mass is 1050 g/mol. The maximum Gasteiger partial charge on any atom is 0 e. The Morgan fingerprint density at radius 3 is 0.250 bits per heavy atom. The fourth-order valence-corrected chi connectivity index (χ4v) is 0. The van der Waals surface area contributed by atoms with Crippen LogP contribution in [0.25, 0.3) is 0 Å². The average molecular weight is 1050 g/mol. The van der Waals surface area contributed by atoms with Crippen molar-refractivity contribution in [3.05, 3.63) is 0 Å². The molecule has 0 bridgehead atoms. The minimum Gasteiger partial charge on any atom is 0 e. The van der Waals surface area contributed by atoms with Crippen LogP contribution in [0.2, 0.25) is 0 Å². The summed E-state index contributed by atoms with van der Waals surface area (Å²) in [7, 11) is 0. The first-order valence-electron chi connectivity index (χ1n) is 0. The molecule has 0 spiro atoms. The summed E-state index contributed by atoms with van der Waals surface area (Å²) in [6.07, 6.45) is 0. The van der Waals surface area contributed by atoms with Crippen LogP contribution in [0.5, 0.6) is 0 Å². The minimum absolute atomic E-state index is 0. The van der Waals surface area contributed by atoms with Crippen molar-refractivity contribution < 1.29 is 116 Å². The van der Waals surface area contributed by atoms with Crippen molar-refractivity contribution in [2.75, 3.05) is 0 Å². The first-order chi connectivity index (χ1) is 0. The van der Waals surface area contributed by atoms with E-state index in [9.17, 15) is 0 Å². The minimum atomic E-state index is 0. The molecule has 0 aromatic heterocycles. The molecule has 0 amide bonds. The third-order valence-corrected chi connectivity index (χ3v) is 0. The number of rotatable bonds is 0. The van der Waals surface area contributed by atoms with Gasteiger partial charge >= 0.3 is 0 Å². The van der Waals surface area contributed by atoms with E-state index in [1.54, 1.807) is 0 Å². The molecule has 0 rings (SSSR count). The SMILES string of the molecule is [In].[In].[In].[In].[In].[Tb].[Tb].[Tb]. The van der Waals surface area contributed by atoms with Gasteiger partial charge in [-0.2, -0.15) is 0 Å². The molecule has 0 saturated heterocycles. The molecule has 0 unspecified atom stereocenters. The fourth-order valence-electron chi connectivity index (χ4n) is 0. The van der Waals surface area contributed by atoms with Crippen LogP contribution in [0, 0.1) is 116 Å². The Bertz CT molecular complexity index is 7.64. The predicted octanol–water partition coefficient (Wildman–Crippen LogP) is -1.90. The van der Waals surface area contributed by atoms with Crippen LogP contribution in [0.3, 0.4) is 0 Å². The van der Waals surface area contributed by atoms with Crippen molar-refractivity contribution in [1.82, 2.24) is 0 Å². The van der Waals surface area contributed by atoms with E-state index in [0.717, 1.165) is 0 Å². The summed E-state index contributed by atoms with van der Waals surface area (Å²) in [5.74, 6) is 0. The molecular formula is In5Tb3. The van der Waals surface area contributed by atoms with Crippen molar-refractivity contribution in [2.45, 2.75) is 0 Å². The predicted molar refractivity (Wildman–Crippen MR) is 28.8 cm³/mol. The molecule has 8 heteroatoms. The van der Waals surface area contributed by atoms with E-state index in [1.165, 1.54) is 0 Å². The molecule has 0 atom stereocenters. The van der Waals surface area contributed by atoms with Crippen molar-refractivity contribution in [2.24, 2.45) is 0 Å². The Kier molecular flexibility index (Phi) is 317. The van der Waals surface area contributed by atoms with Crippen molar-refractivity contribution in [3.8, 4) is 0 Å². The van der Waals surface area contributed by atoms with Crippen molar-refractivity contribution in [3.63, 3.8) is 0 Å². The zero-order chi connectivity index (χ0) is 0. The fraction of sp³-hybridized carbons (Fsp3) is 0. The normalized spacial score (nSPS) is 0. The van der Waals surface area contributed by atoms with Gasteiger partial charge in [0.2, 0.25) is 0 Å². The van der Waals surface area contributed by atoms with Crippen LogP contribution in [0.4, 0.5) is 0 Å². The maximum absolute atomic E-state index is 0. The maximum atomic E-state index is 0. The van der Waals surface area contributed by atoms with E-state index in [4.69, 9.17) is 0 Å². The molecular weight excluding hydrogens is 1050 g/mol. The van der Waals surface area contributed by atoms with Crippen LogP contribution in [-0.4, -0.2) is 129 Å². The topological polar surface area (TPSA) is 0 Å². The van der Waals surface area contributed by atoms with E-state index >= 15 is 0 Å². The summed E-state index contributed by atoms with van der Waals surface area (Å²) in [6.45, 7) is 0. The Hall–Kier alpha value is 8.21.